The summed E-state index contributed by atoms with van der Waals surface area (Å²) in [6, 6.07) is 0.762. The minimum Gasteiger partial charge on any atom is -0.377 e. The zero-order valence-corrected chi connectivity index (χ0v) is 10.5. The summed E-state index contributed by atoms with van der Waals surface area (Å²) in [5, 5.41) is 0. The van der Waals surface area contributed by atoms with Gasteiger partial charge in [0.2, 0.25) is 0 Å². The number of ether oxygens (including phenoxy) is 1. The molecule has 2 rings (SSSR count). The molecule has 2 aliphatic rings. The van der Waals surface area contributed by atoms with Gasteiger partial charge in [-0.2, -0.15) is 0 Å². The van der Waals surface area contributed by atoms with Crippen LogP contribution >= 0.6 is 0 Å². The number of nitrogens with zero attached hydrogens (tertiary/aromatic N) is 1. The van der Waals surface area contributed by atoms with Crippen LogP contribution in [0.4, 0.5) is 0 Å². The summed E-state index contributed by atoms with van der Waals surface area (Å²) in [6.45, 7) is 6.36. The van der Waals surface area contributed by atoms with E-state index in [-0.39, 0.29) is 0 Å². The third-order valence-corrected chi connectivity index (χ3v) is 4.12. The van der Waals surface area contributed by atoms with Crippen LogP contribution in [0, 0.1) is 5.92 Å². The van der Waals surface area contributed by atoms with E-state index in [4.69, 9.17) is 10.5 Å². The molecule has 3 nitrogen and oxygen atoms in total. The predicted molar refractivity (Wildman–Crippen MR) is 66.4 cm³/mol. The van der Waals surface area contributed by atoms with Crippen molar-refractivity contribution in [2.45, 2.75) is 51.2 Å². The number of hydrogen-bond acceptors (Lipinski definition) is 3. The van der Waals surface area contributed by atoms with E-state index < -0.39 is 0 Å². The van der Waals surface area contributed by atoms with Gasteiger partial charge in [0.05, 0.1) is 6.10 Å². The van der Waals surface area contributed by atoms with E-state index >= 15 is 0 Å². The van der Waals surface area contributed by atoms with Crippen LogP contribution in [0.15, 0.2) is 0 Å². The van der Waals surface area contributed by atoms with Crippen LogP contribution in [0.3, 0.4) is 0 Å². The number of hydrogen-bond donors (Lipinski definition) is 1. The number of piperidine rings is 1. The zero-order chi connectivity index (χ0) is 11.4. The van der Waals surface area contributed by atoms with Gasteiger partial charge in [-0.15, -0.1) is 0 Å². The maximum Gasteiger partial charge on any atom is 0.0702 e. The molecule has 3 heteroatoms. The summed E-state index contributed by atoms with van der Waals surface area (Å²) < 4.78 is 5.88. The Kier molecular flexibility index (Phi) is 4.62. The lowest BCUT2D eigenvalue weighted by atomic mass is 9.78. The van der Waals surface area contributed by atoms with Gasteiger partial charge in [-0.05, 0) is 51.1 Å². The average Bonchev–Trinajstić information content (AvgIpc) is 2.26. The summed E-state index contributed by atoms with van der Waals surface area (Å²) in [7, 11) is 0. The normalized spacial score (nSPS) is 36.0. The van der Waals surface area contributed by atoms with Crippen molar-refractivity contribution in [1.29, 1.82) is 0 Å². The number of rotatable bonds is 5. The molecule has 0 spiro atoms. The first-order valence-electron chi connectivity index (χ1n) is 6.90. The molecule has 0 radical (unpaired) electrons. The molecule has 0 amide bonds. The molecule has 0 aromatic heterocycles. The van der Waals surface area contributed by atoms with Crippen LogP contribution < -0.4 is 5.73 Å². The maximum atomic E-state index is 5.88. The third-order valence-electron chi connectivity index (χ3n) is 4.12. The van der Waals surface area contributed by atoms with E-state index in [2.05, 4.69) is 11.8 Å². The Labute approximate surface area is 99.3 Å². The van der Waals surface area contributed by atoms with Crippen LogP contribution in [0.1, 0.15) is 39.0 Å². The predicted octanol–water partition coefficient (Wildman–Crippen LogP) is 1.61. The highest BCUT2D eigenvalue weighted by molar-refractivity contribution is 4.91. The van der Waals surface area contributed by atoms with Crippen LogP contribution in [-0.2, 0) is 4.74 Å². The summed E-state index contributed by atoms with van der Waals surface area (Å²) in [6.07, 6.45) is 6.83. The molecule has 1 aliphatic carbocycles. The van der Waals surface area contributed by atoms with Gasteiger partial charge in [0.15, 0.2) is 0 Å². The van der Waals surface area contributed by atoms with Gasteiger partial charge >= 0.3 is 0 Å². The Morgan fingerprint density at radius 1 is 1.31 bits per heavy atom. The largest absolute Gasteiger partial charge is 0.377 e. The van der Waals surface area contributed by atoms with Gasteiger partial charge in [-0.25, -0.2) is 0 Å². The Bertz CT molecular complexity index is 208. The first-order chi connectivity index (χ1) is 7.85. The fraction of sp³-hybridized carbons (Fsp3) is 1.00. The first kappa shape index (κ1) is 12.3. The monoisotopic (exact) mass is 226 g/mol. The van der Waals surface area contributed by atoms with Gasteiger partial charge in [-0.3, -0.25) is 4.90 Å². The van der Waals surface area contributed by atoms with Crippen molar-refractivity contribution >= 4 is 0 Å². The van der Waals surface area contributed by atoms with Gasteiger partial charge in [0, 0.05) is 19.2 Å². The molecule has 94 valence electrons. The van der Waals surface area contributed by atoms with Gasteiger partial charge in [0.25, 0.3) is 0 Å². The van der Waals surface area contributed by atoms with E-state index in [1.165, 1.54) is 32.2 Å². The molecule has 0 aromatic rings. The van der Waals surface area contributed by atoms with Crippen LogP contribution in [0.25, 0.3) is 0 Å². The summed E-state index contributed by atoms with van der Waals surface area (Å²) in [5.74, 6) is 0.755. The van der Waals surface area contributed by atoms with Gasteiger partial charge in [-0.1, -0.05) is 6.92 Å². The molecule has 3 atom stereocenters. The molecular formula is C13H26N2O. The lowest BCUT2D eigenvalue weighted by Crippen LogP contribution is -2.54. The second kappa shape index (κ2) is 5.99. The van der Waals surface area contributed by atoms with Crippen LogP contribution in [0.5, 0.6) is 0 Å². The second-order valence-electron chi connectivity index (χ2n) is 5.27. The van der Waals surface area contributed by atoms with Gasteiger partial charge in [0.1, 0.15) is 0 Å². The molecule has 1 aliphatic heterocycles. The van der Waals surface area contributed by atoms with E-state index in [9.17, 15) is 0 Å². The Hall–Kier alpha value is -0.120. The molecular weight excluding hydrogens is 200 g/mol. The van der Waals surface area contributed by atoms with Crippen LogP contribution in [0.2, 0.25) is 0 Å². The van der Waals surface area contributed by atoms with Crippen molar-refractivity contribution in [3.05, 3.63) is 0 Å². The molecule has 2 fully saturated rings. The Morgan fingerprint density at radius 3 is 2.81 bits per heavy atom. The van der Waals surface area contributed by atoms with Crippen LogP contribution in [-0.4, -0.2) is 43.3 Å². The Balaban J connectivity index is 1.77. The fourth-order valence-corrected chi connectivity index (χ4v) is 3.00. The highest BCUT2D eigenvalue weighted by atomic mass is 16.5. The first-order valence-corrected chi connectivity index (χ1v) is 6.90. The highest BCUT2D eigenvalue weighted by Crippen LogP contribution is 2.33. The highest BCUT2D eigenvalue weighted by Gasteiger charge is 2.36. The number of nitrogens with two attached hydrogens (primary N) is 1. The van der Waals surface area contributed by atoms with Gasteiger partial charge < -0.3 is 10.5 Å². The molecule has 1 saturated heterocycles. The molecule has 1 saturated carbocycles. The molecule has 3 unspecified atom stereocenters. The van der Waals surface area contributed by atoms with E-state index in [1.807, 2.05) is 0 Å². The SMILES string of the molecule is CCCOC1CCCN(C2CCC2CN)C1. The lowest BCUT2D eigenvalue weighted by Gasteiger charge is -2.47. The van der Waals surface area contributed by atoms with E-state index in [0.29, 0.717) is 6.10 Å². The molecule has 1 heterocycles. The third kappa shape index (κ3) is 2.76. The minimum absolute atomic E-state index is 0.479. The van der Waals surface area contributed by atoms with E-state index in [0.717, 1.165) is 38.1 Å². The topological polar surface area (TPSA) is 38.5 Å². The summed E-state index contributed by atoms with van der Waals surface area (Å²) >= 11 is 0. The summed E-state index contributed by atoms with van der Waals surface area (Å²) in [5.41, 5.74) is 5.79. The van der Waals surface area contributed by atoms with E-state index in [1.54, 1.807) is 0 Å². The van der Waals surface area contributed by atoms with Crippen molar-refractivity contribution < 1.29 is 4.74 Å². The smallest absolute Gasteiger partial charge is 0.0702 e. The molecule has 16 heavy (non-hydrogen) atoms. The standard InChI is InChI=1S/C13H26N2O/c1-2-8-16-12-4-3-7-15(10-12)13-6-5-11(13)9-14/h11-13H,2-10,14H2,1H3. The zero-order valence-electron chi connectivity index (χ0n) is 10.5. The minimum atomic E-state index is 0.479. The summed E-state index contributed by atoms with van der Waals surface area (Å²) in [4.78, 5) is 2.63. The quantitative estimate of drug-likeness (QED) is 0.774. The lowest BCUT2D eigenvalue weighted by molar-refractivity contribution is -0.0382. The van der Waals surface area contributed by atoms with Crippen molar-refractivity contribution in [2.75, 3.05) is 26.2 Å². The second-order valence-corrected chi connectivity index (χ2v) is 5.27. The fourth-order valence-electron chi connectivity index (χ4n) is 3.00. The van der Waals surface area contributed by atoms with Crippen molar-refractivity contribution in [1.82, 2.24) is 4.90 Å². The molecule has 0 bridgehead atoms. The van der Waals surface area contributed by atoms with Crippen molar-refractivity contribution in [3.63, 3.8) is 0 Å². The van der Waals surface area contributed by atoms with Crippen molar-refractivity contribution in [3.8, 4) is 0 Å². The maximum absolute atomic E-state index is 5.88. The molecule has 0 aromatic carbocycles. The average molecular weight is 226 g/mol. The number of likely N-dealkylation sites (tertiary alicyclic amines) is 1. The molecule has 2 N–H and O–H groups in total. The van der Waals surface area contributed by atoms with Crippen molar-refractivity contribution in [2.24, 2.45) is 11.7 Å². The Morgan fingerprint density at radius 2 is 2.19 bits per heavy atom.